The first-order valence-electron chi connectivity index (χ1n) is 31.0. The van der Waals surface area contributed by atoms with Crippen LogP contribution in [0.2, 0.25) is 0 Å². The molecule has 0 aromatic carbocycles. The second-order valence-corrected chi connectivity index (χ2v) is 23.7. The highest BCUT2D eigenvalue weighted by Crippen LogP contribution is 2.40. The Morgan fingerprint density at radius 3 is 1.52 bits per heavy atom. The van der Waals surface area contributed by atoms with Crippen LogP contribution in [0.15, 0.2) is 12.2 Å². The van der Waals surface area contributed by atoms with Crippen molar-refractivity contribution in [3.05, 3.63) is 12.2 Å². The van der Waals surface area contributed by atoms with Crippen LogP contribution in [0.3, 0.4) is 0 Å². The lowest BCUT2D eigenvalue weighted by molar-refractivity contribution is -0.390. The summed E-state index contributed by atoms with van der Waals surface area (Å²) in [6.07, 6.45) is -31.6. The smallest absolute Gasteiger partial charge is 0.364 e. The maximum atomic E-state index is 13.0. The fraction of sp³-hybridized carbons (Fsp3) is 0.895. The second kappa shape index (κ2) is 37.8. The Hall–Kier alpha value is -3.42. The van der Waals surface area contributed by atoms with E-state index in [1.54, 1.807) is 6.08 Å². The van der Waals surface area contributed by atoms with Crippen molar-refractivity contribution in [2.24, 2.45) is 0 Å². The van der Waals surface area contributed by atoms with Crippen LogP contribution in [0.4, 0.5) is 0 Å². The number of hydrogen-bond donors (Lipinski definition) is 20. The minimum atomic E-state index is -3.18. The van der Waals surface area contributed by atoms with Crippen molar-refractivity contribution >= 4 is 23.7 Å². The normalized spacial score (nSPS) is 38.6. The first kappa shape index (κ1) is 78.3. The Morgan fingerprint density at radius 1 is 0.549 bits per heavy atom. The Morgan fingerprint density at radius 2 is 1.01 bits per heavy atom. The number of carboxylic acid groups (broad SMARTS) is 1. The molecule has 5 aliphatic heterocycles. The minimum absolute atomic E-state index is 0.458. The zero-order valence-corrected chi connectivity index (χ0v) is 51.5. The molecule has 34 heteroatoms. The van der Waals surface area contributed by atoms with E-state index >= 15 is 0 Å². The number of hydrogen-bond acceptors (Lipinski definition) is 30. The molecule has 34 nitrogen and oxygen atoms in total. The molecule has 0 radical (unpaired) electrons. The van der Waals surface area contributed by atoms with Gasteiger partial charge in [-0.15, -0.1) is 0 Å². The minimum Gasteiger partial charge on any atom is -0.477 e. The summed E-state index contributed by atoms with van der Waals surface area (Å²) >= 11 is 0. The molecule has 0 aromatic heterocycles. The zero-order chi connectivity index (χ0) is 67.4. The van der Waals surface area contributed by atoms with Crippen LogP contribution >= 0.6 is 0 Å². The molecule has 528 valence electrons. The highest BCUT2D eigenvalue weighted by molar-refractivity contribution is 5.77. The number of unbranched alkanes of at least 4 members (excludes halogenated alkanes) is 11. The summed E-state index contributed by atoms with van der Waals surface area (Å²) in [7, 11) is 0. The van der Waals surface area contributed by atoms with E-state index in [0.717, 1.165) is 39.5 Å². The van der Waals surface area contributed by atoms with E-state index in [1.165, 1.54) is 57.9 Å². The van der Waals surface area contributed by atoms with Crippen molar-refractivity contribution in [3.63, 3.8) is 0 Å². The van der Waals surface area contributed by atoms with E-state index in [-0.39, 0.29) is 0 Å². The number of amides is 3. The van der Waals surface area contributed by atoms with E-state index in [9.17, 15) is 106 Å². The average molecular weight is 1320 g/mol. The summed E-state index contributed by atoms with van der Waals surface area (Å²) in [5.74, 6) is -7.46. The summed E-state index contributed by atoms with van der Waals surface area (Å²) in [5.41, 5.74) is 0. The SMILES string of the molecule is CCCCCCCCCCCCC/C=C/[C@@H](O)[C@H](CO[C@@H]1O[C@H](CO)[C@@H](O[C@@H]2O[C@H](CO)[C@H](O[C@@H]3O[C@H](CO)[C@@H](O[C@@H]4O[C@H](CO)[C@H](O)[C@H](O[C@]5(C(=O)O)C[C@H](O)[C@@H](NC(C)=O)[C@H]([C@H](O)[C@H](O)CO)O5)[C@H]4O)[C@H](O)[C@H]3NC(C)=O)[C@H](O)[C@H]2O)[C@H](O)[C@H]1O)NC(C)=O. The summed E-state index contributed by atoms with van der Waals surface area (Å²) in [6.45, 7) is -0.362. The van der Waals surface area contributed by atoms with E-state index in [0.29, 0.717) is 6.42 Å². The lowest BCUT2D eigenvalue weighted by Gasteiger charge is -2.51. The van der Waals surface area contributed by atoms with Crippen molar-refractivity contribution in [2.75, 3.05) is 39.6 Å². The quantitative estimate of drug-likeness (QED) is 0.0205. The topological polar surface area (TPSA) is 541 Å². The molecule has 5 heterocycles. The molecule has 0 spiro atoms. The number of allylic oxidation sites excluding steroid dienone is 1. The van der Waals surface area contributed by atoms with Gasteiger partial charge in [0.15, 0.2) is 25.2 Å². The summed E-state index contributed by atoms with van der Waals surface area (Å²) in [4.78, 5) is 49.9. The van der Waals surface area contributed by atoms with Crippen LogP contribution in [-0.4, -0.2) is 321 Å². The number of nitrogens with one attached hydrogen (secondary N) is 3. The van der Waals surface area contributed by atoms with Gasteiger partial charge in [-0.25, -0.2) is 4.79 Å². The lowest BCUT2D eigenvalue weighted by atomic mass is 9.88. The Bertz CT molecular complexity index is 2210. The van der Waals surface area contributed by atoms with Crippen molar-refractivity contribution in [1.82, 2.24) is 16.0 Å². The van der Waals surface area contributed by atoms with Crippen LogP contribution in [0.25, 0.3) is 0 Å². The number of rotatable bonds is 36. The van der Waals surface area contributed by atoms with Crippen LogP contribution in [0.5, 0.6) is 0 Å². The van der Waals surface area contributed by atoms with Crippen LogP contribution in [0.1, 0.15) is 111 Å². The molecule has 3 amide bonds. The number of aliphatic hydroxyl groups excluding tert-OH is 16. The third-order valence-electron chi connectivity index (χ3n) is 16.6. The van der Waals surface area contributed by atoms with Crippen LogP contribution < -0.4 is 16.0 Å². The molecular weight excluding hydrogens is 1220 g/mol. The predicted molar refractivity (Wildman–Crippen MR) is 304 cm³/mol. The van der Waals surface area contributed by atoms with E-state index in [4.69, 9.17) is 47.4 Å². The van der Waals surface area contributed by atoms with Gasteiger partial charge in [0.25, 0.3) is 5.79 Å². The molecule has 0 unspecified atom stereocenters. The first-order valence-corrected chi connectivity index (χ1v) is 31.0. The van der Waals surface area contributed by atoms with Gasteiger partial charge < -0.3 is 150 Å². The highest BCUT2D eigenvalue weighted by Gasteiger charge is 2.61. The van der Waals surface area contributed by atoms with Gasteiger partial charge in [-0.2, -0.15) is 0 Å². The molecule has 28 atom stereocenters. The zero-order valence-electron chi connectivity index (χ0n) is 51.5. The van der Waals surface area contributed by atoms with Gasteiger partial charge in [-0.3, -0.25) is 14.4 Å². The molecule has 0 bridgehead atoms. The van der Waals surface area contributed by atoms with Crippen LogP contribution in [0, 0.1) is 0 Å². The molecule has 0 aliphatic carbocycles. The van der Waals surface area contributed by atoms with E-state index in [1.807, 2.05) is 0 Å². The van der Waals surface area contributed by atoms with E-state index < -0.39 is 241 Å². The van der Waals surface area contributed by atoms with Gasteiger partial charge in [0.05, 0.1) is 63.9 Å². The molecule has 5 aliphatic rings. The second-order valence-electron chi connectivity index (χ2n) is 23.7. The number of carbonyl (C=O) groups excluding carboxylic acids is 3. The van der Waals surface area contributed by atoms with Gasteiger partial charge in [-0.1, -0.05) is 83.3 Å². The van der Waals surface area contributed by atoms with Crippen molar-refractivity contribution in [3.8, 4) is 0 Å². The number of aliphatic carboxylic acids is 1. The monoisotopic (exact) mass is 1320 g/mol. The third-order valence-corrected chi connectivity index (χ3v) is 16.6. The number of carbonyl (C=O) groups is 4. The molecule has 0 saturated carbocycles. The van der Waals surface area contributed by atoms with Gasteiger partial charge in [0.1, 0.15) is 116 Å². The van der Waals surface area contributed by atoms with Gasteiger partial charge >= 0.3 is 5.97 Å². The summed E-state index contributed by atoms with van der Waals surface area (Å²) in [5, 5.41) is 193. The Balaban J connectivity index is 1.24. The number of carboxylic acids is 1. The molecule has 5 saturated heterocycles. The first-order chi connectivity index (χ1) is 43.2. The molecule has 91 heavy (non-hydrogen) atoms. The average Bonchev–Trinajstić information content (AvgIpc) is 0.801. The summed E-state index contributed by atoms with van der Waals surface area (Å²) in [6, 6.07) is -4.54. The Kier molecular flexibility index (Phi) is 32.5. The van der Waals surface area contributed by atoms with Crippen molar-refractivity contribution < 1.29 is 153 Å². The molecule has 0 aromatic rings. The lowest BCUT2D eigenvalue weighted by Crippen LogP contribution is -2.71. The number of aliphatic hydroxyl groups is 16. The number of ether oxygens (including phenoxy) is 10. The summed E-state index contributed by atoms with van der Waals surface area (Å²) < 4.78 is 57.8. The van der Waals surface area contributed by atoms with Crippen LogP contribution in [-0.2, 0) is 66.5 Å². The molecule has 5 fully saturated rings. The van der Waals surface area contributed by atoms with Gasteiger partial charge in [0, 0.05) is 27.2 Å². The van der Waals surface area contributed by atoms with Gasteiger partial charge in [-0.05, 0) is 12.8 Å². The molecular formula is C57H99N3O31. The van der Waals surface area contributed by atoms with Crippen molar-refractivity contribution in [1.29, 1.82) is 0 Å². The largest absolute Gasteiger partial charge is 0.477 e. The maximum Gasteiger partial charge on any atom is 0.364 e. The fourth-order valence-electron chi connectivity index (χ4n) is 11.7. The fourth-order valence-corrected chi connectivity index (χ4v) is 11.7. The Labute approximate surface area is 525 Å². The van der Waals surface area contributed by atoms with Gasteiger partial charge in [0.2, 0.25) is 17.7 Å². The predicted octanol–water partition coefficient (Wildman–Crippen LogP) is -7.28. The molecule has 5 rings (SSSR count). The standard InChI is InChI=1S/C57H99N3O31/c1-5-6-7-8-9-10-11-12-13-14-15-16-17-18-30(69)29(58-26(2)66)25-82-53-44(77)42(75)49(35(23-64)85-53)89-54-45(78)43(76)48(36(24-65)86-54)87-52-38(60-28(4)68)41(74)47(34(22-63)84-52)88-55-46(79)51(40(73)33(21-62)83-55)91-57(56(80)81)19-31(70)37(59-27(3)67)50(90-57)39(72)32(71)20-61/h17-18,29-55,61-65,69-79H,5-16,19-25H2,1-4H3,(H,58,66)(H,59,67)(H,60,68)(H,80,81)/b18-17+/t29-,30+,31-,32+,33+,34+,35+,36+,37+,38+,39+,40-,41+,42+,43+,44+,45+,46+,47+,48-,49+,50+,51-,52-,53+,54-,55-,57-/m0/s1. The highest BCUT2D eigenvalue weighted by atomic mass is 16.8. The van der Waals surface area contributed by atoms with E-state index in [2.05, 4.69) is 22.9 Å². The maximum absolute atomic E-state index is 13.0. The third kappa shape index (κ3) is 21.0. The van der Waals surface area contributed by atoms with Crippen molar-refractivity contribution in [2.45, 2.75) is 282 Å². The molecule has 20 N–H and O–H groups in total.